The third-order valence-corrected chi connectivity index (χ3v) is 10.2. The zero-order valence-corrected chi connectivity index (χ0v) is 22.9. The van der Waals surface area contributed by atoms with Gasteiger partial charge >= 0.3 is 0 Å². The van der Waals surface area contributed by atoms with Gasteiger partial charge in [-0.2, -0.15) is 4.31 Å². The molecule has 0 spiro atoms. The molecule has 1 N–H and O–H groups in total. The van der Waals surface area contributed by atoms with Crippen LogP contribution in [0.15, 0.2) is 34.8 Å². The summed E-state index contributed by atoms with van der Waals surface area (Å²) >= 11 is 1.57. The molecule has 2 aromatic rings. The van der Waals surface area contributed by atoms with Crippen molar-refractivity contribution in [2.24, 2.45) is 4.99 Å². The summed E-state index contributed by atoms with van der Waals surface area (Å²) in [4.78, 5) is 38.2. The highest BCUT2D eigenvalue weighted by Gasteiger charge is 2.49. The van der Waals surface area contributed by atoms with E-state index in [1.54, 1.807) is 16.2 Å². The van der Waals surface area contributed by atoms with E-state index in [1.807, 2.05) is 43.6 Å². The molecule has 9 nitrogen and oxygen atoms in total. The smallest absolute Gasteiger partial charge is 0.256 e. The lowest BCUT2D eigenvalue weighted by Gasteiger charge is -2.36. The van der Waals surface area contributed by atoms with Crippen molar-refractivity contribution in [2.45, 2.75) is 69.6 Å². The van der Waals surface area contributed by atoms with Gasteiger partial charge in [0.05, 0.1) is 39.9 Å². The van der Waals surface area contributed by atoms with Crippen LogP contribution >= 0.6 is 11.3 Å². The molecular formula is C26H32N4O5S2. The second-order valence-electron chi connectivity index (χ2n) is 10.5. The minimum Gasteiger partial charge on any atom is -0.391 e. The number of β-amino-alcohol motifs (C(OH)–C–C–N with tert-alkyl or cyclic N) is 1. The molecule has 4 atom stereocenters. The lowest BCUT2D eigenvalue weighted by Crippen LogP contribution is -2.54. The van der Waals surface area contributed by atoms with Crippen molar-refractivity contribution in [3.8, 4) is 10.4 Å². The summed E-state index contributed by atoms with van der Waals surface area (Å²) in [5.41, 5.74) is 4.35. The molecule has 0 aliphatic carbocycles. The number of amides is 2. The number of benzene rings is 1. The van der Waals surface area contributed by atoms with Gasteiger partial charge in [-0.3, -0.25) is 9.59 Å². The number of aromatic nitrogens is 1. The van der Waals surface area contributed by atoms with Crippen LogP contribution in [0.2, 0.25) is 0 Å². The van der Waals surface area contributed by atoms with E-state index in [1.165, 1.54) is 4.31 Å². The average molecular weight is 545 g/mol. The molecule has 3 aliphatic heterocycles. The molecule has 0 radical (unpaired) electrons. The first-order chi connectivity index (χ1) is 17.5. The first-order valence-electron chi connectivity index (χ1n) is 12.6. The van der Waals surface area contributed by atoms with Crippen LogP contribution in [0.4, 0.5) is 0 Å². The molecule has 0 unspecified atom stereocenters. The fourth-order valence-electron chi connectivity index (χ4n) is 5.83. The number of hydrogen-bond acceptors (Lipinski definition) is 7. The molecule has 198 valence electrons. The van der Waals surface area contributed by atoms with Crippen molar-refractivity contribution in [1.29, 1.82) is 0 Å². The maximum atomic E-state index is 13.6. The van der Waals surface area contributed by atoms with E-state index in [2.05, 4.69) is 9.98 Å². The molecule has 0 bridgehead atoms. The highest BCUT2D eigenvalue weighted by Crippen LogP contribution is 2.39. The highest BCUT2D eigenvalue weighted by atomic mass is 32.2. The van der Waals surface area contributed by atoms with E-state index in [4.69, 9.17) is 0 Å². The van der Waals surface area contributed by atoms with Crippen molar-refractivity contribution in [3.63, 3.8) is 0 Å². The van der Waals surface area contributed by atoms with Crippen LogP contribution in [0.3, 0.4) is 0 Å². The van der Waals surface area contributed by atoms with E-state index < -0.39 is 33.6 Å². The van der Waals surface area contributed by atoms with Gasteiger partial charge in [-0.15, -0.1) is 11.3 Å². The van der Waals surface area contributed by atoms with Crippen molar-refractivity contribution in [1.82, 2.24) is 14.2 Å². The SMILES string of the molecule is Cc1ncsc1-c1ccc([C@]2(C)CC([C@@H]3C[C@@H](O)CN3C(=O)[C@@H]3CCCCN3S(C)(=O)=O)=NC2=O)cc1. The molecule has 11 heteroatoms. The standard InChI is InChI=1S/C26H32N4O5S2/c1-16-23(36-15-27-16)17-7-9-18(10-8-17)26(2)13-20(28-25(26)33)22-12-19(31)14-29(22)24(32)21-6-4-5-11-30(21)37(3,34)35/h7-10,15,19,21-22,31H,4-6,11-14H2,1-3H3/t19-,21+,22+,26+/m1/s1. The molecule has 1 aromatic carbocycles. The lowest BCUT2D eigenvalue weighted by atomic mass is 9.78. The lowest BCUT2D eigenvalue weighted by molar-refractivity contribution is -0.136. The summed E-state index contributed by atoms with van der Waals surface area (Å²) in [5, 5.41) is 10.5. The predicted molar refractivity (Wildman–Crippen MR) is 142 cm³/mol. The zero-order valence-electron chi connectivity index (χ0n) is 21.3. The quantitative estimate of drug-likeness (QED) is 0.618. The van der Waals surface area contributed by atoms with Gasteiger partial charge in [0.2, 0.25) is 15.9 Å². The van der Waals surface area contributed by atoms with Crippen LogP contribution < -0.4 is 0 Å². The van der Waals surface area contributed by atoms with Crippen molar-refractivity contribution in [2.75, 3.05) is 19.3 Å². The number of aliphatic imine (C=N–C) groups is 1. The van der Waals surface area contributed by atoms with Crippen molar-refractivity contribution < 1.29 is 23.1 Å². The van der Waals surface area contributed by atoms with Crippen LogP contribution in [-0.2, 0) is 25.0 Å². The molecule has 37 heavy (non-hydrogen) atoms. The molecular weight excluding hydrogens is 512 g/mol. The monoisotopic (exact) mass is 544 g/mol. The maximum Gasteiger partial charge on any atom is 0.256 e. The van der Waals surface area contributed by atoms with E-state index in [0.717, 1.165) is 34.4 Å². The summed E-state index contributed by atoms with van der Waals surface area (Å²) in [6.45, 7) is 4.24. The number of aliphatic hydroxyl groups excluding tert-OH is 1. The molecule has 5 rings (SSSR count). The predicted octanol–water partition coefficient (Wildman–Crippen LogP) is 2.52. The number of likely N-dealkylation sites (tertiary alicyclic amines) is 1. The molecule has 0 saturated carbocycles. The van der Waals surface area contributed by atoms with Crippen LogP contribution in [-0.4, -0.2) is 82.8 Å². The fourth-order valence-corrected chi connectivity index (χ4v) is 7.76. The summed E-state index contributed by atoms with van der Waals surface area (Å²) in [6, 6.07) is 6.56. The van der Waals surface area contributed by atoms with Gasteiger partial charge in [-0.25, -0.2) is 18.4 Å². The first kappa shape index (κ1) is 26.1. The van der Waals surface area contributed by atoms with Crippen LogP contribution in [0.1, 0.15) is 50.3 Å². The molecule has 2 fully saturated rings. The number of aliphatic hydroxyl groups is 1. The number of nitrogens with zero attached hydrogens (tertiary/aromatic N) is 4. The normalized spacial score (nSPS) is 29.1. The summed E-state index contributed by atoms with van der Waals surface area (Å²) < 4.78 is 26.0. The van der Waals surface area contributed by atoms with E-state index >= 15 is 0 Å². The van der Waals surface area contributed by atoms with E-state index in [9.17, 15) is 23.1 Å². The van der Waals surface area contributed by atoms with Gasteiger partial charge in [-0.1, -0.05) is 30.7 Å². The number of piperidine rings is 1. The van der Waals surface area contributed by atoms with Crippen LogP contribution in [0.25, 0.3) is 10.4 Å². The summed E-state index contributed by atoms with van der Waals surface area (Å²) in [5.74, 6) is -0.590. The van der Waals surface area contributed by atoms with Gasteiger partial charge in [0.15, 0.2) is 0 Å². The highest BCUT2D eigenvalue weighted by molar-refractivity contribution is 7.88. The Bertz CT molecular complexity index is 1350. The Morgan fingerprint density at radius 3 is 2.59 bits per heavy atom. The number of thiazole rings is 1. The molecule has 2 amide bonds. The van der Waals surface area contributed by atoms with Gasteiger partial charge < -0.3 is 10.0 Å². The maximum absolute atomic E-state index is 13.6. The van der Waals surface area contributed by atoms with Gasteiger partial charge in [0.25, 0.3) is 5.91 Å². The van der Waals surface area contributed by atoms with E-state index in [0.29, 0.717) is 31.5 Å². The number of sulfonamides is 1. The largest absolute Gasteiger partial charge is 0.391 e. The summed E-state index contributed by atoms with van der Waals surface area (Å²) in [6.07, 6.45) is 2.91. The van der Waals surface area contributed by atoms with Gasteiger partial charge in [0, 0.05) is 31.6 Å². The first-order valence-corrected chi connectivity index (χ1v) is 15.3. The Morgan fingerprint density at radius 2 is 1.95 bits per heavy atom. The minimum atomic E-state index is -3.55. The fraction of sp³-hybridized carbons (Fsp3) is 0.538. The van der Waals surface area contributed by atoms with Gasteiger partial charge in [-0.05, 0) is 37.8 Å². The third kappa shape index (κ3) is 4.78. The van der Waals surface area contributed by atoms with Crippen molar-refractivity contribution in [3.05, 3.63) is 41.0 Å². The second kappa shape index (κ2) is 9.68. The Morgan fingerprint density at radius 1 is 1.22 bits per heavy atom. The van der Waals surface area contributed by atoms with Crippen molar-refractivity contribution >= 4 is 38.9 Å². The molecule has 3 aliphatic rings. The Labute approximate surface area is 221 Å². The van der Waals surface area contributed by atoms with Gasteiger partial charge in [0.1, 0.15) is 6.04 Å². The molecule has 2 saturated heterocycles. The Hall–Kier alpha value is -2.47. The number of carbonyl (C=O) groups is 2. The molecule has 4 heterocycles. The Balaban J connectivity index is 1.38. The Kier molecular flexibility index (Phi) is 6.84. The summed E-state index contributed by atoms with van der Waals surface area (Å²) in [7, 11) is -3.55. The third-order valence-electron chi connectivity index (χ3n) is 7.89. The average Bonchev–Trinajstić information content (AvgIpc) is 3.55. The topological polar surface area (TPSA) is 120 Å². The number of aryl methyl sites for hydroxylation is 1. The van der Waals surface area contributed by atoms with Crippen LogP contribution in [0, 0.1) is 6.92 Å². The number of carbonyl (C=O) groups excluding carboxylic acids is 2. The second-order valence-corrected chi connectivity index (χ2v) is 13.3. The zero-order chi connectivity index (χ0) is 26.5. The number of rotatable bonds is 5. The van der Waals surface area contributed by atoms with E-state index in [-0.39, 0.29) is 24.8 Å². The number of hydrogen-bond donors (Lipinski definition) is 1. The van der Waals surface area contributed by atoms with Crippen LogP contribution in [0.5, 0.6) is 0 Å². The minimum absolute atomic E-state index is 0.102. The molecule has 1 aromatic heterocycles.